The topological polar surface area (TPSA) is 154 Å². The first-order chi connectivity index (χ1) is 22.0. The molecule has 0 radical (unpaired) electrons. The molecular formula is C33H37N5O8. The van der Waals surface area contributed by atoms with Crippen molar-refractivity contribution in [2.75, 3.05) is 52.3 Å². The number of carbonyl (C=O) groups is 5. The predicted molar refractivity (Wildman–Crippen MR) is 171 cm³/mol. The molecule has 0 fully saturated rings. The Hall–Kier alpha value is -5.33. The third kappa shape index (κ3) is 5.87. The minimum atomic E-state index is -0.701. The summed E-state index contributed by atoms with van der Waals surface area (Å²) in [5.74, 6) is -0.973. The van der Waals surface area contributed by atoms with Gasteiger partial charge in [-0.25, -0.2) is 14.4 Å². The number of fused-ring (bicyclic) bond motifs is 4. The number of esters is 1. The Bertz CT molecular complexity index is 1860. The zero-order chi connectivity index (χ0) is 33.3. The second-order valence-electron chi connectivity index (χ2n) is 11.2. The quantitative estimate of drug-likeness (QED) is 0.186. The third-order valence-electron chi connectivity index (χ3n) is 8.30. The van der Waals surface area contributed by atoms with Gasteiger partial charge in [0.05, 0.1) is 30.5 Å². The van der Waals surface area contributed by atoms with E-state index in [1.54, 1.807) is 49.2 Å². The molecule has 5 rings (SSSR count). The average molecular weight is 632 g/mol. The van der Waals surface area contributed by atoms with Crippen LogP contribution in [-0.2, 0) is 9.47 Å². The molecule has 0 saturated carbocycles. The van der Waals surface area contributed by atoms with Crippen LogP contribution in [0.4, 0.5) is 15.3 Å². The van der Waals surface area contributed by atoms with E-state index in [1.807, 2.05) is 6.92 Å². The first kappa shape index (κ1) is 32.1. The van der Waals surface area contributed by atoms with Gasteiger partial charge in [-0.05, 0) is 50.1 Å². The summed E-state index contributed by atoms with van der Waals surface area (Å²) in [6, 6.07) is 8.55. The lowest BCUT2D eigenvalue weighted by atomic mass is 9.93. The van der Waals surface area contributed by atoms with Crippen molar-refractivity contribution in [1.29, 1.82) is 0 Å². The van der Waals surface area contributed by atoms with E-state index in [9.17, 15) is 24.0 Å². The molecule has 2 aromatic carbocycles. The lowest BCUT2D eigenvalue weighted by Crippen LogP contribution is -2.38. The van der Waals surface area contributed by atoms with E-state index in [0.29, 0.717) is 46.3 Å². The molecule has 2 N–H and O–H groups in total. The van der Waals surface area contributed by atoms with Crippen molar-refractivity contribution in [1.82, 2.24) is 19.8 Å². The van der Waals surface area contributed by atoms with Crippen molar-refractivity contribution in [3.8, 4) is 5.75 Å². The SMILES string of the molecule is CCOC(=O)N(C)CCN(C)C(=O)Oc1cc2c(c3c(C(=O)OC)c[nH]c13)[C@H](CC)CN2C(=O)c1cc2cc(C(C)=O)ccc2[nH]1. The third-order valence-corrected chi connectivity index (χ3v) is 8.30. The molecule has 0 unspecified atom stereocenters. The van der Waals surface area contributed by atoms with Gasteiger partial charge in [0.25, 0.3) is 5.91 Å². The highest BCUT2D eigenvalue weighted by atomic mass is 16.6. The molecule has 1 aliphatic rings. The number of anilines is 1. The van der Waals surface area contributed by atoms with Gasteiger partial charge in [-0.1, -0.05) is 6.92 Å². The van der Waals surface area contributed by atoms with Crippen LogP contribution in [0.1, 0.15) is 69.9 Å². The van der Waals surface area contributed by atoms with E-state index in [4.69, 9.17) is 14.2 Å². The number of aromatic nitrogens is 2. The smallest absolute Gasteiger partial charge is 0.415 e. The minimum absolute atomic E-state index is 0.0779. The normalized spacial score (nSPS) is 13.9. The molecule has 242 valence electrons. The predicted octanol–water partition coefficient (Wildman–Crippen LogP) is 5.31. The summed E-state index contributed by atoms with van der Waals surface area (Å²) in [6.45, 7) is 6.13. The Kier molecular flexibility index (Phi) is 9.03. The number of methoxy groups -OCH3 is 1. The molecule has 3 amide bonds. The maximum Gasteiger partial charge on any atom is 0.415 e. The van der Waals surface area contributed by atoms with Crippen LogP contribution < -0.4 is 9.64 Å². The highest BCUT2D eigenvalue weighted by Gasteiger charge is 2.37. The fourth-order valence-corrected chi connectivity index (χ4v) is 5.72. The number of amides is 3. The number of ketones is 1. The average Bonchev–Trinajstić information content (AvgIpc) is 3.77. The molecule has 13 heteroatoms. The number of aromatic amines is 2. The number of nitrogens with zero attached hydrogens (tertiary/aromatic N) is 3. The molecule has 1 aliphatic heterocycles. The largest absolute Gasteiger partial charge is 0.465 e. The van der Waals surface area contributed by atoms with Crippen LogP contribution in [0.5, 0.6) is 5.75 Å². The summed E-state index contributed by atoms with van der Waals surface area (Å²) in [7, 11) is 4.39. The number of hydrogen-bond acceptors (Lipinski definition) is 8. The molecule has 13 nitrogen and oxygen atoms in total. The molecule has 0 bridgehead atoms. The van der Waals surface area contributed by atoms with E-state index in [1.165, 1.54) is 37.1 Å². The molecule has 2 aromatic heterocycles. The van der Waals surface area contributed by atoms with Crippen LogP contribution >= 0.6 is 0 Å². The fourth-order valence-electron chi connectivity index (χ4n) is 5.72. The molecular weight excluding hydrogens is 594 g/mol. The molecule has 46 heavy (non-hydrogen) atoms. The number of likely N-dealkylation sites (N-methyl/N-ethyl adjacent to an activating group) is 2. The lowest BCUT2D eigenvalue weighted by molar-refractivity contribution is 0.0602. The first-order valence-corrected chi connectivity index (χ1v) is 15.0. The Balaban J connectivity index is 1.53. The maximum absolute atomic E-state index is 14.1. The van der Waals surface area contributed by atoms with Crippen LogP contribution in [0.25, 0.3) is 21.8 Å². The Labute approximate surface area is 265 Å². The van der Waals surface area contributed by atoms with Crippen molar-refractivity contribution in [3.05, 3.63) is 58.9 Å². The number of H-pyrrole nitrogens is 2. The molecule has 1 atom stereocenters. The summed E-state index contributed by atoms with van der Waals surface area (Å²) in [4.78, 5) is 74.6. The summed E-state index contributed by atoms with van der Waals surface area (Å²) < 4.78 is 15.9. The Morgan fingerprint density at radius 2 is 1.72 bits per heavy atom. The summed E-state index contributed by atoms with van der Waals surface area (Å²) in [5, 5.41) is 1.24. The van der Waals surface area contributed by atoms with E-state index < -0.39 is 18.2 Å². The summed E-state index contributed by atoms with van der Waals surface area (Å²) >= 11 is 0. The standard InChI is InChI=1S/C33H37N5O8/c1-7-19-17-38(30(40)24-14-21-13-20(18(3)39)9-10-23(21)35-24)25-15-26(29-28(27(19)25)22(16-34-29)31(41)44-6)46-33(43)37(5)12-11-36(4)32(42)45-8-2/h9-10,13-16,19,34-35H,7-8,11-12,17H2,1-6H3/t19-/m1/s1. The van der Waals surface area contributed by atoms with E-state index in [-0.39, 0.29) is 48.6 Å². The van der Waals surface area contributed by atoms with Gasteiger partial charge in [-0.3, -0.25) is 9.59 Å². The number of Topliss-reactive ketones (excluding diaryl/α,β-unsaturated/α-hetero) is 1. The minimum Gasteiger partial charge on any atom is -0.465 e. The van der Waals surface area contributed by atoms with Crippen LogP contribution in [0, 0.1) is 0 Å². The van der Waals surface area contributed by atoms with E-state index in [0.717, 1.165) is 10.9 Å². The highest BCUT2D eigenvalue weighted by Crippen LogP contribution is 2.48. The number of benzene rings is 2. The fraction of sp³-hybridized carbons (Fsp3) is 0.364. The number of hydrogen-bond donors (Lipinski definition) is 2. The summed E-state index contributed by atoms with van der Waals surface area (Å²) in [5.41, 5.74) is 3.52. The van der Waals surface area contributed by atoms with Gasteiger partial charge in [-0.15, -0.1) is 0 Å². The van der Waals surface area contributed by atoms with Gasteiger partial charge in [0.15, 0.2) is 11.5 Å². The molecule has 3 heterocycles. The number of nitrogens with one attached hydrogen (secondary N) is 2. The Morgan fingerprint density at radius 1 is 1.00 bits per heavy atom. The van der Waals surface area contributed by atoms with E-state index >= 15 is 0 Å². The molecule has 4 aromatic rings. The second kappa shape index (κ2) is 13.0. The second-order valence-corrected chi connectivity index (χ2v) is 11.2. The first-order valence-electron chi connectivity index (χ1n) is 15.0. The van der Waals surface area contributed by atoms with Crippen molar-refractivity contribution >= 4 is 57.3 Å². The molecule has 0 aliphatic carbocycles. The number of carbonyl (C=O) groups excluding carboxylic acids is 5. The molecule has 0 spiro atoms. The van der Waals surface area contributed by atoms with Crippen molar-refractivity contribution in [2.24, 2.45) is 0 Å². The highest BCUT2D eigenvalue weighted by molar-refractivity contribution is 6.14. The Morgan fingerprint density at radius 3 is 2.37 bits per heavy atom. The number of ether oxygens (including phenoxy) is 3. The van der Waals surface area contributed by atoms with Gasteiger partial charge in [0, 0.05) is 73.8 Å². The van der Waals surface area contributed by atoms with Crippen LogP contribution in [0.15, 0.2) is 36.5 Å². The van der Waals surface area contributed by atoms with Gasteiger partial charge in [0.2, 0.25) is 0 Å². The zero-order valence-electron chi connectivity index (χ0n) is 26.7. The monoisotopic (exact) mass is 631 g/mol. The van der Waals surface area contributed by atoms with Gasteiger partial charge in [-0.2, -0.15) is 0 Å². The van der Waals surface area contributed by atoms with Crippen LogP contribution in [0.2, 0.25) is 0 Å². The van der Waals surface area contributed by atoms with Crippen molar-refractivity contribution < 1.29 is 38.2 Å². The zero-order valence-corrected chi connectivity index (χ0v) is 26.7. The van der Waals surface area contributed by atoms with Gasteiger partial charge in [0.1, 0.15) is 5.69 Å². The van der Waals surface area contributed by atoms with Crippen molar-refractivity contribution in [2.45, 2.75) is 33.1 Å². The van der Waals surface area contributed by atoms with Gasteiger partial charge < -0.3 is 38.9 Å². The van der Waals surface area contributed by atoms with Gasteiger partial charge >= 0.3 is 18.2 Å². The van der Waals surface area contributed by atoms with Crippen LogP contribution in [-0.4, -0.2) is 97.1 Å². The van der Waals surface area contributed by atoms with Crippen LogP contribution in [0.3, 0.4) is 0 Å². The lowest BCUT2D eigenvalue weighted by Gasteiger charge is -2.22. The van der Waals surface area contributed by atoms with E-state index in [2.05, 4.69) is 9.97 Å². The number of rotatable bonds is 9. The summed E-state index contributed by atoms with van der Waals surface area (Å²) in [6.07, 6.45) is 0.971. The maximum atomic E-state index is 14.1. The van der Waals surface area contributed by atoms with Crippen molar-refractivity contribution in [3.63, 3.8) is 0 Å². The molecule has 0 saturated heterocycles.